The first kappa shape index (κ1) is 13.1. The maximum Gasteiger partial charge on any atom is 0.308 e. The van der Waals surface area contributed by atoms with Crippen molar-refractivity contribution in [3.05, 3.63) is 28.2 Å². The number of hydrogen-bond donors (Lipinski definition) is 2. The zero-order chi connectivity index (χ0) is 12.3. The molecule has 1 aromatic carbocycles. The summed E-state index contributed by atoms with van der Waals surface area (Å²) in [6.45, 7) is 3.46. The third kappa shape index (κ3) is 3.29. The molecule has 2 unspecified atom stereocenters. The number of carboxylic acid groups (broad SMARTS) is 1. The standard InChI is InChI=1S/C11H13Cl2NO2/c1-6(11(15)16)7(2)14-8-3-4-9(12)10(13)5-8/h3-7,14H,1-2H3,(H,15,16). The van der Waals surface area contributed by atoms with Crippen molar-refractivity contribution in [2.75, 3.05) is 5.32 Å². The molecule has 3 nitrogen and oxygen atoms in total. The summed E-state index contributed by atoms with van der Waals surface area (Å²) >= 11 is 11.6. The topological polar surface area (TPSA) is 49.3 Å². The third-order valence-corrected chi connectivity index (χ3v) is 3.19. The van der Waals surface area contributed by atoms with Crippen molar-refractivity contribution >= 4 is 34.9 Å². The summed E-state index contributed by atoms with van der Waals surface area (Å²) in [5, 5.41) is 12.8. The molecule has 0 bridgehead atoms. The maximum absolute atomic E-state index is 10.8. The number of nitrogens with one attached hydrogen (secondary N) is 1. The SMILES string of the molecule is CC(Nc1ccc(Cl)c(Cl)c1)C(C)C(=O)O. The minimum atomic E-state index is -0.833. The van der Waals surface area contributed by atoms with Crippen molar-refractivity contribution in [2.45, 2.75) is 19.9 Å². The van der Waals surface area contributed by atoms with E-state index in [2.05, 4.69) is 5.32 Å². The van der Waals surface area contributed by atoms with Crippen molar-refractivity contribution in [3.63, 3.8) is 0 Å². The maximum atomic E-state index is 10.8. The molecule has 0 aromatic heterocycles. The molecule has 0 radical (unpaired) electrons. The van der Waals surface area contributed by atoms with Crippen molar-refractivity contribution in [2.24, 2.45) is 5.92 Å². The van der Waals surface area contributed by atoms with Crippen LogP contribution in [0.2, 0.25) is 10.0 Å². The molecule has 0 saturated carbocycles. The summed E-state index contributed by atoms with van der Waals surface area (Å²) < 4.78 is 0. The predicted molar refractivity (Wildman–Crippen MR) is 66.3 cm³/mol. The number of anilines is 1. The molecule has 1 aromatic rings. The minimum absolute atomic E-state index is 0.185. The number of carboxylic acids is 1. The molecule has 88 valence electrons. The van der Waals surface area contributed by atoms with E-state index >= 15 is 0 Å². The molecule has 2 atom stereocenters. The van der Waals surface area contributed by atoms with Crippen LogP contribution in [0.25, 0.3) is 0 Å². The van der Waals surface area contributed by atoms with Gasteiger partial charge in [-0.2, -0.15) is 0 Å². The number of rotatable bonds is 4. The lowest BCUT2D eigenvalue weighted by molar-refractivity contribution is -0.141. The Morgan fingerprint density at radius 3 is 2.44 bits per heavy atom. The molecule has 2 N–H and O–H groups in total. The summed E-state index contributed by atoms with van der Waals surface area (Å²) in [6, 6.07) is 4.92. The van der Waals surface area contributed by atoms with Gasteiger partial charge in [-0.15, -0.1) is 0 Å². The second kappa shape index (κ2) is 5.41. The van der Waals surface area contributed by atoms with Crippen LogP contribution in [0.5, 0.6) is 0 Å². The van der Waals surface area contributed by atoms with Gasteiger partial charge in [0.2, 0.25) is 0 Å². The fourth-order valence-corrected chi connectivity index (χ4v) is 1.49. The average molecular weight is 262 g/mol. The van der Waals surface area contributed by atoms with Crippen LogP contribution in [0.1, 0.15) is 13.8 Å². The van der Waals surface area contributed by atoms with Crippen LogP contribution in [0.4, 0.5) is 5.69 Å². The first-order valence-electron chi connectivity index (χ1n) is 4.86. The average Bonchev–Trinajstić information content (AvgIpc) is 2.22. The highest BCUT2D eigenvalue weighted by atomic mass is 35.5. The van der Waals surface area contributed by atoms with E-state index in [-0.39, 0.29) is 6.04 Å². The van der Waals surface area contributed by atoms with Crippen LogP contribution in [-0.4, -0.2) is 17.1 Å². The molecule has 16 heavy (non-hydrogen) atoms. The largest absolute Gasteiger partial charge is 0.481 e. The van der Waals surface area contributed by atoms with Crippen molar-refractivity contribution < 1.29 is 9.90 Å². The van der Waals surface area contributed by atoms with Crippen molar-refractivity contribution in [3.8, 4) is 0 Å². The molecular weight excluding hydrogens is 249 g/mol. The molecule has 0 amide bonds. The van der Waals surface area contributed by atoms with E-state index in [1.54, 1.807) is 32.0 Å². The van der Waals surface area contributed by atoms with Gasteiger partial charge in [0.15, 0.2) is 0 Å². The Hall–Kier alpha value is -0.930. The quantitative estimate of drug-likeness (QED) is 0.872. The highest BCUT2D eigenvalue weighted by molar-refractivity contribution is 6.42. The monoisotopic (exact) mass is 261 g/mol. The van der Waals surface area contributed by atoms with E-state index < -0.39 is 11.9 Å². The Morgan fingerprint density at radius 1 is 1.31 bits per heavy atom. The molecule has 1 rings (SSSR count). The molecule has 5 heteroatoms. The summed E-state index contributed by atoms with van der Waals surface area (Å²) in [4.78, 5) is 10.8. The zero-order valence-corrected chi connectivity index (χ0v) is 10.5. The minimum Gasteiger partial charge on any atom is -0.481 e. The van der Waals surface area contributed by atoms with E-state index in [4.69, 9.17) is 28.3 Å². The second-order valence-electron chi connectivity index (χ2n) is 3.69. The van der Waals surface area contributed by atoms with Gasteiger partial charge in [0.25, 0.3) is 0 Å². The van der Waals surface area contributed by atoms with Crippen LogP contribution < -0.4 is 5.32 Å². The number of aliphatic carboxylic acids is 1. The van der Waals surface area contributed by atoms with Crippen molar-refractivity contribution in [1.82, 2.24) is 0 Å². The van der Waals surface area contributed by atoms with E-state index in [9.17, 15) is 4.79 Å². The normalized spacial score (nSPS) is 14.2. The predicted octanol–water partition coefficient (Wildman–Crippen LogP) is 3.51. The number of halogens is 2. The van der Waals surface area contributed by atoms with Gasteiger partial charge in [-0.3, -0.25) is 4.79 Å². The number of carbonyl (C=O) groups is 1. The Balaban J connectivity index is 2.73. The van der Waals surface area contributed by atoms with Gasteiger partial charge in [-0.05, 0) is 32.0 Å². The van der Waals surface area contributed by atoms with Gasteiger partial charge in [0, 0.05) is 11.7 Å². The zero-order valence-electron chi connectivity index (χ0n) is 9.00. The van der Waals surface area contributed by atoms with E-state index in [0.29, 0.717) is 10.0 Å². The van der Waals surface area contributed by atoms with Gasteiger partial charge in [-0.25, -0.2) is 0 Å². The smallest absolute Gasteiger partial charge is 0.308 e. The van der Waals surface area contributed by atoms with Crippen LogP contribution in [0.15, 0.2) is 18.2 Å². The van der Waals surface area contributed by atoms with Crippen molar-refractivity contribution in [1.29, 1.82) is 0 Å². The third-order valence-electron chi connectivity index (χ3n) is 2.45. The van der Waals surface area contributed by atoms with Gasteiger partial charge in [-0.1, -0.05) is 23.2 Å². The molecule has 0 spiro atoms. The first-order valence-corrected chi connectivity index (χ1v) is 5.62. The van der Waals surface area contributed by atoms with Gasteiger partial charge in [0.05, 0.1) is 16.0 Å². The van der Waals surface area contributed by atoms with Gasteiger partial charge in [0.1, 0.15) is 0 Å². The Bertz CT molecular complexity index is 396. The van der Waals surface area contributed by atoms with Crippen LogP contribution in [0, 0.1) is 5.92 Å². The highest BCUT2D eigenvalue weighted by Gasteiger charge is 2.19. The Morgan fingerprint density at radius 2 is 1.94 bits per heavy atom. The Labute approximate surface area is 104 Å². The molecule has 0 aliphatic rings. The summed E-state index contributed by atoms with van der Waals surface area (Å²) in [6.07, 6.45) is 0. The molecule has 0 saturated heterocycles. The van der Waals surface area contributed by atoms with Gasteiger partial charge < -0.3 is 10.4 Å². The molecule has 0 fully saturated rings. The lowest BCUT2D eigenvalue weighted by Gasteiger charge is -2.19. The summed E-state index contributed by atoms with van der Waals surface area (Å²) in [5.74, 6) is -1.31. The number of benzene rings is 1. The van der Waals surface area contributed by atoms with Crippen LogP contribution in [0.3, 0.4) is 0 Å². The lowest BCUT2D eigenvalue weighted by Crippen LogP contribution is -2.29. The van der Waals surface area contributed by atoms with E-state index in [1.165, 1.54) is 0 Å². The summed E-state index contributed by atoms with van der Waals surface area (Å²) in [7, 11) is 0. The summed E-state index contributed by atoms with van der Waals surface area (Å²) in [5.41, 5.74) is 0.759. The van der Waals surface area contributed by atoms with Crippen LogP contribution in [-0.2, 0) is 4.79 Å². The lowest BCUT2D eigenvalue weighted by atomic mass is 10.0. The highest BCUT2D eigenvalue weighted by Crippen LogP contribution is 2.25. The van der Waals surface area contributed by atoms with Crippen LogP contribution >= 0.6 is 23.2 Å². The Kier molecular flexibility index (Phi) is 4.44. The van der Waals surface area contributed by atoms with Gasteiger partial charge >= 0.3 is 5.97 Å². The number of hydrogen-bond acceptors (Lipinski definition) is 2. The fourth-order valence-electron chi connectivity index (χ4n) is 1.19. The molecule has 0 aliphatic carbocycles. The molecule has 0 aliphatic heterocycles. The molecular formula is C11H13Cl2NO2. The van der Waals surface area contributed by atoms with E-state index in [0.717, 1.165) is 5.69 Å². The first-order chi connectivity index (χ1) is 7.41. The fraction of sp³-hybridized carbons (Fsp3) is 0.364. The second-order valence-corrected chi connectivity index (χ2v) is 4.50. The van der Waals surface area contributed by atoms with E-state index in [1.807, 2.05) is 0 Å². The molecule has 0 heterocycles.